The molecule has 3 aromatic rings. The third-order valence-corrected chi connectivity index (χ3v) is 5.93. The zero-order valence-corrected chi connectivity index (χ0v) is 13.0. The van der Waals surface area contributed by atoms with Gasteiger partial charge in [0.2, 0.25) is 0 Å². The van der Waals surface area contributed by atoms with Gasteiger partial charge in [-0.3, -0.25) is 4.40 Å². The molecule has 0 aliphatic heterocycles. The quantitative estimate of drug-likeness (QED) is 0.764. The molecule has 0 spiro atoms. The number of anilines is 1. The number of rotatable bonds is 4. The summed E-state index contributed by atoms with van der Waals surface area (Å²) in [5, 5.41) is 1.77. The molecule has 3 N–H and O–H groups in total. The maximum atomic E-state index is 12.4. The molecule has 0 saturated heterocycles. The molecule has 0 unspecified atom stereocenters. The number of nitrogens with two attached hydrogens (primary N) is 1. The minimum atomic E-state index is -3.69. The van der Waals surface area contributed by atoms with E-state index in [9.17, 15) is 8.42 Å². The van der Waals surface area contributed by atoms with Crippen molar-refractivity contribution in [1.29, 1.82) is 0 Å². The fourth-order valence-corrected chi connectivity index (χ4v) is 4.77. The third kappa shape index (κ3) is 2.33. The van der Waals surface area contributed by atoms with E-state index < -0.39 is 10.0 Å². The molecule has 3 aromatic heterocycles. The van der Waals surface area contributed by atoms with Crippen molar-refractivity contribution in [2.45, 2.75) is 18.5 Å². The molecule has 3 rings (SSSR count). The number of thiazole rings is 1. The molecule has 3 heterocycles. The van der Waals surface area contributed by atoms with Crippen LogP contribution in [0.4, 0.5) is 5.82 Å². The number of sulfonamides is 1. The van der Waals surface area contributed by atoms with Gasteiger partial charge in [-0.05, 0) is 19.1 Å². The molecule has 0 aromatic carbocycles. The lowest BCUT2D eigenvalue weighted by Crippen LogP contribution is -2.24. The molecule has 20 heavy (non-hydrogen) atoms. The Hall–Kier alpha value is -1.42. The monoisotopic (exact) mass is 328 g/mol. The Bertz CT molecular complexity index is 859. The standard InChI is InChI=1S/C11H12N4O2S3/c1-7-2-3-8(19-7)6-13-20(16,17)10-9(12)14-11-15(10)4-5-18-11/h2-5,13H,6,12H2,1H3. The first-order valence-corrected chi connectivity index (χ1v) is 8.91. The number of imidazole rings is 1. The van der Waals surface area contributed by atoms with Crippen molar-refractivity contribution in [3.05, 3.63) is 33.5 Å². The van der Waals surface area contributed by atoms with Crippen LogP contribution in [-0.4, -0.2) is 17.8 Å². The van der Waals surface area contributed by atoms with Crippen LogP contribution in [0.15, 0.2) is 28.7 Å². The van der Waals surface area contributed by atoms with E-state index in [2.05, 4.69) is 9.71 Å². The Morgan fingerprint density at radius 2 is 2.25 bits per heavy atom. The van der Waals surface area contributed by atoms with Crippen LogP contribution >= 0.6 is 22.7 Å². The molecule has 6 nitrogen and oxygen atoms in total. The van der Waals surface area contributed by atoms with Crippen LogP contribution in [0.2, 0.25) is 0 Å². The zero-order valence-electron chi connectivity index (χ0n) is 10.5. The average Bonchev–Trinajstić information content (AvgIpc) is 3.02. The third-order valence-electron chi connectivity index (χ3n) is 2.73. The van der Waals surface area contributed by atoms with Gasteiger partial charge in [0.1, 0.15) is 0 Å². The van der Waals surface area contributed by atoms with Gasteiger partial charge in [-0.1, -0.05) is 0 Å². The van der Waals surface area contributed by atoms with E-state index >= 15 is 0 Å². The summed E-state index contributed by atoms with van der Waals surface area (Å²) in [6, 6.07) is 3.86. The highest BCUT2D eigenvalue weighted by Gasteiger charge is 2.24. The summed E-state index contributed by atoms with van der Waals surface area (Å²) in [5.74, 6) is 0.0201. The molecule has 0 radical (unpaired) electrons. The molecular formula is C11H12N4O2S3. The molecule has 0 amide bonds. The summed E-state index contributed by atoms with van der Waals surface area (Å²) in [5.41, 5.74) is 5.72. The maximum absolute atomic E-state index is 12.4. The Balaban J connectivity index is 1.91. The Labute approximate surface area is 123 Å². The number of aryl methyl sites for hydroxylation is 1. The van der Waals surface area contributed by atoms with E-state index in [-0.39, 0.29) is 17.4 Å². The summed E-state index contributed by atoms with van der Waals surface area (Å²) in [4.78, 5) is 6.70. The van der Waals surface area contributed by atoms with Gasteiger partial charge in [-0.15, -0.1) is 22.7 Å². The first-order chi connectivity index (χ1) is 9.47. The largest absolute Gasteiger partial charge is 0.381 e. The van der Waals surface area contributed by atoms with Crippen LogP contribution in [0.3, 0.4) is 0 Å². The first kappa shape index (κ1) is 13.6. The van der Waals surface area contributed by atoms with Gasteiger partial charge in [0, 0.05) is 27.9 Å². The number of nitrogen functional groups attached to an aromatic ring is 1. The summed E-state index contributed by atoms with van der Waals surface area (Å²) in [6.07, 6.45) is 1.65. The number of hydrogen-bond acceptors (Lipinski definition) is 6. The number of nitrogens with zero attached hydrogens (tertiary/aromatic N) is 2. The smallest absolute Gasteiger partial charge is 0.260 e. The molecule has 0 bridgehead atoms. The number of aromatic nitrogens is 2. The van der Waals surface area contributed by atoms with Crippen LogP contribution in [0.1, 0.15) is 9.75 Å². The lowest BCUT2D eigenvalue weighted by atomic mass is 10.4. The van der Waals surface area contributed by atoms with Gasteiger partial charge in [-0.25, -0.2) is 18.1 Å². The first-order valence-electron chi connectivity index (χ1n) is 5.73. The number of thiophene rings is 1. The number of nitrogens with one attached hydrogen (secondary N) is 1. The molecule has 0 aliphatic rings. The second kappa shape index (κ2) is 4.85. The maximum Gasteiger partial charge on any atom is 0.260 e. The highest BCUT2D eigenvalue weighted by Crippen LogP contribution is 2.23. The van der Waals surface area contributed by atoms with Crippen molar-refractivity contribution in [3.8, 4) is 0 Å². The van der Waals surface area contributed by atoms with Gasteiger partial charge in [0.05, 0.1) is 0 Å². The Kier molecular flexibility index (Phi) is 3.28. The van der Waals surface area contributed by atoms with Crippen molar-refractivity contribution in [2.75, 3.05) is 5.73 Å². The van der Waals surface area contributed by atoms with Crippen LogP contribution in [0.5, 0.6) is 0 Å². The van der Waals surface area contributed by atoms with E-state index in [4.69, 9.17) is 5.73 Å². The van der Waals surface area contributed by atoms with Crippen LogP contribution in [0.25, 0.3) is 4.96 Å². The minimum absolute atomic E-state index is 0.00188. The van der Waals surface area contributed by atoms with E-state index in [1.807, 2.05) is 19.1 Å². The number of fused-ring (bicyclic) bond motifs is 1. The average molecular weight is 328 g/mol. The Morgan fingerprint density at radius 3 is 2.95 bits per heavy atom. The lowest BCUT2D eigenvalue weighted by molar-refractivity contribution is 0.577. The van der Waals surface area contributed by atoms with Crippen molar-refractivity contribution >= 4 is 43.5 Å². The van der Waals surface area contributed by atoms with Crippen LogP contribution in [0, 0.1) is 6.92 Å². The second-order valence-electron chi connectivity index (χ2n) is 4.19. The molecule has 0 aliphatic carbocycles. The summed E-state index contributed by atoms with van der Waals surface area (Å²) < 4.78 is 28.8. The van der Waals surface area contributed by atoms with Crippen molar-refractivity contribution in [1.82, 2.24) is 14.1 Å². The molecule has 0 atom stereocenters. The molecule has 106 valence electrons. The topological polar surface area (TPSA) is 89.5 Å². The molecule has 0 fully saturated rings. The van der Waals surface area contributed by atoms with Gasteiger partial charge >= 0.3 is 0 Å². The van der Waals surface area contributed by atoms with Crippen molar-refractivity contribution in [3.63, 3.8) is 0 Å². The normalized spacial score (nSPS) is 12.2. The summed E-state index contributed by atoms with van der Waals surface area (Å²) >= 11 is 2.89. The highest BCUT2D eigenvalue weighted by molar-refractivity contribution is 7.89. The van der Waals surface area contributed by atoms with E-state index in [1.165, 1.54) is 15.7 Å². The van der Waals surface area contributed by atoms with Crippen LogP contribution in [-0.2, 0) is 16.6 Å². The van der Waals surface area contributed by atoms with E-state index in [0.717, 1.165) is 9.75 Å². The molecule has 0 saturated carbocycles. The second-order valence-corrected chi connectivity index (χ2v) is 8.12. The van der Waals surface area contributed by atoms with Gasteiger partial charge in [-0.2, -0.15) is 0 Å². The van der Waals surface area contributed by atoms with Crippen molar-refractivity contribution in [2.24, 2.45) is 0 Å². The van der Waals surface area contributed by atoms with Gasteiger partial charge < -0.3 is 5.73 Å². The molecule has 9 heteroatoms. The highest BCUT2D eigenvalue weighted by atomic mass is 32.2. The van der Waals surface area contributed by atoms with E-state index in [1.54, 1.807) is 22.9 Å². The summed E-state index contributed by atoms with van der Waals surface area (Å²) in [7, 11) is -3.69. The van der Waals surface area contributed by atoms with Gasteiger partial charge in [0.15, 0.2) is 15.8 Å². The van der Waals surface area contributed by atoms with Crippen LogP contribution < -0.4 is 10.5 Å². The Morgan fingerprint density at radius 1 is 1.45 bits per heavy atom. The predicted molar refractivity (Wildman–Crippen MR) is 80.6 cm³/mol. The van der Waals surface area contributed by atoms with E-state index in [0.29, 0.717) is 4.96 Å². The SMILES string of the molecule is Cc1ccc(CNS(=O)(=O)c2c(N)nc3sccn23)s1. The zero-order chi connectivity index (χ0) is 14.3. The fourth-order valence-electron chi connectivity index (χ4n) is 1.86. The fraction of sp³-hybridized carbons (Fsp3) is 0.182. The van der Waals surface area contributed by atoms with Gasteiger partial charge in [0.25, 0.3) is 10.0 Å². The van der Waals surface area contributed by atoms with Crippen molar-refractivity contribution < 1.29 is 8.42 Å². The summed E-state index contributed by atoms with van der Waals surface area (Å²) in [6.45, 7) is 2.23. The number of hydrogen-bond donors (Lipinski definition) is 2. The molecular weight excluding hydrogens is 316 g/mol. The predicted octanol–water partition coefficient (Wildman–Crippen LogP) is 1.83. The lowest BCUT2D eigenvalue weighted by Gasteiger charge is -2.05. The minimum Gasteiger partial charge on any atom is -0.381 e.